The Hall–Kier alpha value is -1.23. The van der Waals surface area contributed by atoms with Gasteiger partial charge in [0.25, 0.3) is 0 Å². The SMILES string of the molecule is CSc1nc(Cl)c2cc(-c3ccc(Cl)cc3)[nH]c2n1. The second-order valence-corrected chi connectivity index (χ2v) is 5.52. The van der Waals surface area contributed by atoms with Crippen molar-refractivity contribution in [2.24, 2.45) is 0 Å². The van der Waals surface area contributed by atoms with E-state index in [1.54, 1.807) is 0 Å². The lowest BCUT2D eigenvalue weighted by Gasteiger charge is -1.97. The summed E-state index contributed by atoms with van der Waals surface area (Å²) >= 11 is 13.5. The van der Waals surface area contributed by atoms with E-state index in [1.807, 2.05) is 36.6 Å². The fraction of sp³-hybridized carbons (Fsp3) is 0.0769. The Kier molecular flexibility index (Phi) is 3.39. The molecular weight excluding hydrogens is 301 g/mol. The number of aromatic amines is 1. The van der Waals surface area contributed by atoms with Gasteiger partial charge in [0.1, 0.15) is 10.8 Å². The maximum Gasteiger partial charge on any atom is 0.190 e. The predicted molar refractivity (Wildman–Crippen MR) is 81.1 cm³/mol. The van der Waals surface area contributed by atoms with Gasteiger partial charge in [-0.3, -0.25) is 0 Å². The quantitative estimate of drug-likeness (QED) is 0.425. The Labute approximate surface area is 124 Å². The first-order valence-electron chi connectivity index (χ1n) is 5.53. The molecule has 0 bridgehead atoms. The Balaban J connectivity index is 2.16. The molecule has 0 aliphatic carbocycles. The molecule has 2 heterocycles. The molecule has 0 unspecified atom stereocenters. The number of rotatable bonds is 2. The average molecular weight is 310 g/mol. The molecule has 3 aromatic rings. The summed E-state index contributed by atoms with van der Waals surface area (Å²) in [6, 6.07) is 9.55. The maximum absolute atomic E-state index is 6.16. The van der Waals surface area contributed by atoms with Crippen molar-refractivity contribution in [3.05, 3.63) is 40.5 Å². The summed E-state index contributed by atoms with van der Waals surface area (Å²) in [7, 11) is 0. The number of hydrogen-bond acceptors (Lipinski definition) is 3. The van der Waals surface area contributed by atoms with Crippen molar-refractivity contribution in [2.45, 2.75) is 5.16 Å². The number of aromatic nitrogens is 3. The van der Waals surface area contributed by atoms with E-state index in [2.05, 4.69) is 15.0 Å². The van der Waals surface area contributed by atoms with Crippen LogP contribution in [-0.2, 0) is 0 Å². The number of halogens is 2. The van der Waals surface area contributed by atoms with Crippen molar-refractivity contribution in [1.82, 2.24) is 15.0 Å². The summed E-state index contributed by atoms with van der Waals surface area (Å²) in [5.41, 5.74) is 2.72. The van der Waals surface area contributed by atoms with Crippen LogP contribution in [0.15, 0.2) is 35.5 Å². The number of benzene rings is 1. The van der Waals surface area contributed by atoms with E-state index >= 15 is 0 Å². The van der Waals surface area contributed by atoms with Crippen LogP contribution in [0, 0.1) is 0 Å². The fourth-order valence-electron chi connectivity index (χ4n) is 1.83. The topological polar surface area (TPSA) is 41.6 Å². The van der Waals surface area contributed by atoms with Crippen LogP contribution in [0.1, 0.15) is 0 Å². The monoisotopic (exact) mass is 309 g/mol. The van der Waals surface area contributed by atoms with Crippen molar-refractivity contribution in [3.8, 4) is 11.3 Å². The standard InChI is InChI=1S/C13H9Cl2N3S/c1-19-13-17-11(15)9-6-10(16-12(9)18-13)7-2-4-8(14)5-3-7/h2-6H,1H3,(H,16,17,18). The molecule has 2 aromatic heterocycles. The molecule has 1 N–H and O–H groups in total. The van der Waals surface area contributed by atoms with Crippen molar-refractivity contribution in [3.63, 3.8) is 0 Å². The summed E-state index contributed by atoms with van der Waals surface area (Å²) in [6.07, 6.45) is 1.92. The maximum atomic E-state index is 6.16. The number of nitrogens with one attached hydrogen (secondary N) is 1. The summed E-state index contributed by atoms with van der Waals surface area (Å²) < 4.78 is 0. The highest BCUT2D eigenvalue weighted by Crippen LogP contribution is 2.29. The molecule has 0 aliphatic heterocycles. The van der Waals surface area contributed by atoms with Gasteiger partial charge in [-0.15, -0.1) is 0 Å². The highest BCUT2D eigenvalue weighted by Gasteiger charge is 2.10. The molecule has 3 rings (SSSR count). The van der Waals surface area contributed by atoms with Crippen LogP contribution >= 0.6 is 35.0 Å². The summed E-state index contributed by atoms with van der Waals surface area (Å²) in [5.74, 6) is 0. The van der Waals surface area contributed by atoms with Crippen molar-refractivity contribution >= 4 is 46.0 Å². The van der Waals surface area contributed by atoms with Gasteiger partial charge in [0.2, 0.25) is 0 Å². The zero-order valence-corrected chi connectivity index (χ0v) is 12.3. The third kappa shape index (κ3) is 2.43. The van der Waals surface area contributed by atoms with Gasteiger partial charge in [-0.1, -0.05) is 47.1 Å². The van der Waals surface area contributed by atoms with Crippen LogP contribution in [-0.4, -0.2) is 21.2 Å². The number of fused-ring (bicyclic) bond motifs is 1. The first-order valence-corrected chi connectivity index (χ1v) is 7.51. The van der Waals surface area contributed by atoms with Crippen LogP contribution in [0.2, 0.25) is 10.2 Å². The Morgan fingerprint density at radius 2 is 1.84 bits per heavy atom. The molecule has 6 heteroatoms. The van der Waals surface area contributed by atoms with Gasteiger partial charge < -0.3 is 4.98 Å². The lowest BCUT2D eigenvalue weighted by molar-refractivity contribution is 0.999. The van der Waals surface area contributed by atoms with Crippen LogP contribution in [0.5, 0.6) is 0 Å². The van der Waals surface area contributed by atoms with Crippen molar-refractivity contribution in [1.29, 1.82) is 0 Å². The second-order valence-electron chi connectivity index (χ2n) is 3.95. The molecule has 3 nitrogen and oxygen atoms in total. The summed E-state index contributed by atoms with van der Waals surface area (Å²) in [6.45, 7) is 0. The molecule has 19 heavy (non-hydrogen) atoms. The van der Waals surface area contributed by atoms with Gasteiger partial charge in [-0.2, -0.15) is 0 Å². The van der Waals surface area contributed by atoms with E-state index in [0.717, 1.165) is 22.3 Å². The number of hydrogen-bond donors (Lipinski definition) is 1. The fourth-order valence-corrected chi connectivity index (χ4v) is 2.60. The first-order chi connectivity index (χ1) is 9.17. The van der Waals surface area contributed by atoms with E-state index in [-0.39, 0.29) is 0 Å². The normalized spacial score (nSPS) is 11.1. The molecule has 0 atom stereocenters. The minimum absolute atomic E-state index is 0.464. The third-order valence-corrected chi connectivity index (χ3v) is 3.85. The molecule has 1 aromatic carbocycles. The molecule has 0 fully saturated rings. The van der Waals surface area contributed by atoms with Gasteiger partial charge in [-0.25, -0.2) is 9.97 Å². The van der Waals surface area contributed by atoms with E-state index in [4.69, 9.17) is 23.2 Å². The molecule has 96 valence electrons. The summed E-state index contributed by atoms with van der Waals surface area (Å²) in [5, 5.41) is 2.65. The Bertz CT molecular complexity index is 737. The van der Waals surface area contributed by atoms with Gasteiger partial charge in [0.05, 0.1) is 5.39 Å². The lowest BCUT2D eigenvalue weighted by Crippen LogP contribution is -1.87. The first kappa shape index (κ1) is 12.8. The van der Waals surface area contributed by atoms with Gasteiger partial charge in [0.15, 0.2) is 5.16 Å². The van der Waals surface area contributed by atoms with Crippen molar-refractivity contribution < 1.29 is 0 Å². The van der Waals surface area contributed by atoms with Crippen molar-refractivity contribution in [2.75, 3.05) is 6.26 Å². The zero-order chi connectivity index (χ0) is 13.4. The molecule has 0 amide bonds. The minimum Gasteiger partial charge on any atom is -0.339 e. The van der Waals surface area contributed by atoms with E-state index in [1.165, 1.54) is 11.8 Å². The Morgan fingerprint density at radius 3 is 2.53 bits per heavy atom. The zero-order valence-electron chi connectivity index (χ0n) is 9.95. The van der Waals surface area contributed by atoms with Crippen LogP contribution in [0.3, 0.4) is 0 Å². The van der Waals surface area contributed by atoms with E-state index < -0.39 is 0 Å². The number of H-pyrrole nitrogens is 1. The molecule has 0 saturated heterocycles. The van der Waals surface area contributed by atoms with Gasteiger partial charge in [0, 0.05) is 10.7 Å². The average Bonchev–Trinajstić information content (AvgIpc) is 2.84. The molecule has 0 spiro atoms. The number of thioether (sulfide) groups is 1. The van der Waals surface area contributed by atoms with Crippen LogP contribution in [0.4, 0.5) is 0 Å². The van der Waals surface area contributed by atoms with Crippen LogP contribution in [0.25, 0.3) is 22.3 Å². The molecule has 0 saturated carbocycles. The van der Waals surface area contributed by atoms with Gasteiger partial charge >= 0.3 is 0 Å². The smallest absolute Gasteiger partial charge is 0.190 e. The lowest BCUT2D eigenvalue weighted by atomic mass is 10.1. The van der Waals surface area contributed by atoms with Gasteiger partial charge in [-0.05, 0) is 30.0 Å². The third-order valence-electron chi connectivity index (χ3n) is 2.76. The minimum atomic E-state index is 0.464. The number of nitrogens with zero attached hydrogens (tertiary/aromatic N) is 2. The highest BCUT2D eigenvalue weighted by molar-refractivity contribution is 7.98. The predicted octanol–water partition coefficient (Wildman–Crippen LogP) is 4.65. The highest BCUT2D eigenvalue weighted by atomic mass is 35.5. The van der Waals surface area contributed by atoms with E-state index in [9.17, 15) is 0 Å². The molecular formula is C13H9Cl2N3S. The summed E-state index contributed by atoms with van der Waals surface area (Å²) in [4.78, 5) is 11.9. The van der Waals surface area contributed by atoms with Crippen LogP contribution < -0.4 is 0 Å². The molecule has 0 aliphatic rings. The Morgan fingerprint density at radius 1 is 1.11 bits per heavy atom. The largest absolute Gasteiger partial charge is 0.339 e. The second kappa shape index (κ2) is 5.04. The van der Waals surface area contributed by atoms with E-state index in [0.29, 0.717) is 15.3 Å². The molecule has 0 radical (unpaired) electrons.